The number of pyridine rings is 1. The Labute approximate surface area is 186 Å². The second kappa shape index (κ2) is 7.01. The van der Waals surface area contributed by atoms with Crippen LogP contribution in [0.25, 0.3) is 10.9 Å². The van der Waals surface area contributed by atoms with Crippen molar-refractivity contribution in [1.29, 1.82) is 0 Å². The van der Waals surface area contributed by atoms with Gasteiger partial charge in [-0.3, -0.25) is 4.98 Å². The van der Waals surface area contributed by atoms with Crippen LogP contribution in [-0.2, 0) is 4.74 Å². The van der Waals surface area contributed by atoms with E-state index < -0.39 is 5.60 Å². The van der Waals surface area contributed by atoms with Crippen LogP contribution in [0.5, 0.6) is 0 Å². The van der Waals surface area contributed by atoms with E-state index in [1.807, 2.05) is 37.9 Å². The smallest absolute Gasteiger partial charge is 0.410 e. The van der Waals surface area contributed by atoms with E-state index in [2.05, 4.69) is 49.9 Å². The van der Waals surface area contributed by atoms with Crippen LogP contribution >= 0.6 is 15.9 Å². The van der Waals surface area contributed by atoms with Crippen molar-refractivity contribution in [1.82, 2.24) is 9.88 Å². The Morgan fingerprint density at radius 2 is 1.87 bits per heavy atom. The lowest BCUT2D eigenvalue weighted by Crippen LogP contribution is -2.54. The van der Waals surface area contributed by atoms with E-state index in [-0.39, 0.29) is 18.2 Å². The zero-order valence-electron chi connectivity index (χ0n) is 18.1. The molecule has 4 heterocycles. The predicted molar refractivity (Wildman–Crippen MR) is 123 cm³/mol. The van der Waals surface area contributed by atoms with Crippen molar-refractivity contribution in [3.8, 4) is 0 Å². The van der Waals surface area contributed by atoms with Gasteiger partial charge in [0.1, 0.15) is 5.60 Å². The first-order chi connectivity index (χ1) is 14.2. The highest BCUT2D eigenvalue weighted by Gasteiger charge is 2.47. The molecule has 2 fully saturated rings. The number of fused-ring (bicyclic) bond motifs is 5. The molecule has 160 valence electrons. The summed E-state index contributed by atoms with van der Waals surface area (Å²) in [6.07, 6.45) is 5.96. The normalized spacial score (nSPS) is 25.8. The molecule has 0 N–H and O–H groups in total. The molecule has 0 saturated carbocycles. The molecule has 7 heteroatoms. The Hall–Kier alpha value is -2.02. The van der Waals surface area contributed by atoms with Gasteiger partial charge in [0, 0.05) is 35.0 Å². The van der Waals surface area contributed by atoms with Gasteiger partial charge in [-0.05, 0) is 64.7 Å². The average molecular weight is 473 g/mol. The van der Waals surface area contributed by atoms with Gasteiger partial charge in [0.15, 0.2) is 0 Å². The first-order valence-electron chi connectivity index (χ1n) is 10.8. The number of amides is 1. The van der Waals surface area contributed by atoms with Crippen molar-refractivity contribution < 1.29 is 9.53 Å². The van der Waals surface area contributed by atoms with Crippen LogP contribution in [0, 0.1) is 0 Å². The first kappa shape index (κ1) is 19.9. The van der Waals surface area contributed by atoms with Crippen molar-refractivity contribution in [2.45, 2.75) is 70.2 Å². The topological polar surface area (TPSA) is 48.9 Å². The van der Waals surface area contributed by atoms with Gasteiger partial charge in [0.05, 0.1) is 29.8 Å². The Balaban J connectivity index is 1.44. The summed E-state index contributed by atoms with van der Waals surface area (Å²) in [6.45, 7) is 6.68. The minimum Gasteiger partial charge on any atom is -0.444 e. The van der Waals surface area contributed by atoms with Gasteiger partial charge >= 0.3 is 6.09 Å². The molecule has 5 rings (SSSR count). The number of halogens is 1. The lowest BCUT2D eigenvalue weighted by atomic mass is 9.95. The standard InChI is InChI=1S/C23H29BrN4O2/c1-23(2,3)30-22(29)28-15-6-7-16(28)11-17(10-15)27-13-26(4)20-12-25-19-8-5-14(24)9-18(19)21(20)27/h5,8-9,12,15-17H,6-7,10-11,13H2,1-4H3. The van der Waals surface area contributed by atoms with Crippen LogP contribution in [0.15, 0.2) is 28.9 Å². The molecule has 3 aliphatic heterocycles. The Morgan fingerprint density at radius 1 is 1.17 bits per heavy atom. The molecule has 2 unspecified atom stereocenters. The summed E-state index contributed by atoms with van der Waals surface area (Å²) < 4.78 is 6.78. The lowest BCUT2D eigenvalue weighted by molar-refractivity contribution is 0.00590. The largest absolute Gasteiger partial charge is 0.444 e. The number of rotatable bonds is 1. The van der Waals surface area contributed by atoms with Crippen molar-refractivity contribution in [2.24, 2.45) is 0 Å². The molecule has 0 radical (unpaired) electrons. The SMILES string of the molecule is CN1CN(C2CC3CCC(C2)N3C(=O)OC(C)(C)C)c2c1cnc1ccc(Br)cc21. The van der Waals surface area contributed by atoms with Crippen LogP contribution in [0.2, 0.25) is 0 Å². The number of piperidine rings is 1. The van der Waals surface area contributed by atoms with Crippen LogP contribution in [-0.4, -0.2) is 53.4 Å². The van der Waals surface area contributed by atoms with Crippen LogP contribution in [0.1, 0.15) is 46.5 Å². The molecule has 6 nitrogen and oxygen atoms in total. The maximum atomic E-state index is 12.8. The zero-order chi connectivity index (χ0) is 21.2. The quantitative estimate of drug-likeness (QED) is 0.574. The van der Waals surface area contributed by atoms with E-state index in [9.17, 15) is 4.79 Å². The maximum absolute atomic E-state index is 12.8. The zero-order valence-corrected chi connectivity index (χ0v) is 19.6. The van der Waals surface area contributed by atoms with Gasteiger partial charge < -0.3 is 19.4 Å². The molecule has 1 amide bonds. The van der Waals surface area contributed by atoms with E-state index in [1.54, 1.807) is 0 Å². The lowest BCUT2D eigenvalue weighted by Gasteiger charge is -2.43. The Kier molecular flexibility index (Phi) is 4.65. The third-order valence-electron chi connectivity index (χ3n) is 6.60. The second-order valence-electron chi connectivity index (χ2n) is 9.86. The highest BCUT2D eigenvalue weighted by atomic mass is 79.9. The number of nitrogens with zero attached hydrogens (tertiary/aromatic N) is 4. The summed E-state index contributed by atoms with van der Waals surface area (Å²) in [5.41, 5.74) is 3.02. The number of ether oxygens (including phenoxy) is 1. The number of anilines is 2. The van der Waals surface area contributed by atoms with Crippen molar-refractivity contribution in [3.05, 3.63) is 28.9 Å². The van der Waals surface area contributed by atoms with E-state index >= 15 is 0 Å². The minimum atomic E-state index is -0.455. The number of hydrogen-bond acceptors (Lipinski definition) is 5. The summed E-state index contributed by atoms with van der Waals surface area (Å²) in [5.74, 6) is 0. The molecule has 3 aliphatic rings. The van der Waals surface area contributed by atoms with E-state index in [0.717, 1.165) is 42.3 Å². The van der Waals surface area contributed by atoms with Gasteiger partial charge in [-0.1, -0.05) is 15.9 Å². The first-order valence-corrected chi connectivity index (χ1v) is 11.6. The minimum absolute atomic E-state index is 0.147. The molecule has 30 heavy (non-hydrogen) atoms. The fourth-order valence-electron chi connectivity index (χ4n) is 5.41. The monoisotopic (exact) mass is 472 g/mol. The second-order valence-corrected chi connectivity index (χ2v) is 10.8. The van der Waals surface area contributed by atoms with Gasteiger partial charge in [-0.25, -0.2) is 4.79 Å². The summed E-state index contributed by atoms with van der Waals surface area (Å²) in [4.78, 5) is 24.4. The summed E-state index contributed by atoms with van der Waals surface area (Å²) in [5, 5.41) is 1.19. The third-order valence-corrected chi connectivity index (χ3v) is 7.09. The van der Waals surface area contributed by atoms with Gasteiger partial charge in [0.25, 0.3) is 0 Å². The molecule has 2 bridgehead atoms. The van der Waals surface area contributed by atoms with Crippen molar-refractivity contribution in [3.63, 3.8) is 0 Å². The molecular formula is C23H29BrN4O2. The highest BCUT2D eigenvalue weighted by Crippen LogP contribution is 2.46. The van der Waals surface area contributed by atoms with E-state index in [4.69, 9.17) is 4.74 Å². The van der Waals surface area contributed by atoms with E-state index in [0.29, 0.717) is 6.04 Å². The van der Waals surface area contributed by atoms with E-state index in [1.165, 1.54) is 16.8 Å². The number of aromatic nitrogens is 1. The summed E-state index contributed by atoms with van der Waals surface area (Å²) in [6, 6.07) is 7.23. The number of hydrogen-bond donors (Lipinski definition) is 0. The molecule has 0 aliphatic carbocycles. The number of carbonyl (C=O) groups excluding carboxylic acids is 1. The third kappa shape index (κ3) is 3.31. The molecule has 2 aromatic rings. The molecule has 0 spiro atoms. The Bertz CT molecular complexity index is 991. The van der Waals surface area contributed by atoms with Crippen molar-refractivity contribution >= 4 is 44.3 Å². The summed E-state index contributed by atoms with van der Waals surface area (Å²) >= 11 is 3.63. The van der Waals surface area contributed by atoms with Gasteiger partial charge in [0.2, 0.25) is 0 Å². The van der Waals surface area contributed by atoms with Crippen LogP contribution in [0.3, 0.4) is 0 Å². The molecule has 2 atom stereocenters. The highest BCUT2D eigenvalue weighted by molar-refractivity contribution is 9.10. The van der Waals surface area contributed by atoms with Crippen LogP contribution < -0.4 is 9.80 Å². The summed E-state index contributed by atoms with van der Waals surface area (Å²) in [7, 11) is 2.13. The fourth-order valence-corrected chi connectivity index (χ4v) is 5.77. The number of carbonyl (C=O) groups is 1. The fraction of sp³-hybridized carbons (Fsp3) is 0.565. The maximum Gasteiger partial charge on any atom is 0.410 e. The van der Waals surface area contributed by atoms with Gasteiger partial charge in [-0.2, -0.15) is 0 Å². The average Bonchev–Trinajstić information content (AvgIpc) is 3.14. The molecule has 2 saturated heterocycles. The van der Waals surface area contributed by atoms with Gasteiger partial charge in [-0.15, -0.1) is 0 Å². The van der Waals surface area contributed by atoms with Crippen LogP contribution in [0.4, 0.5) is 16.2 Å². The molecule has 1 aromatic carbocycles. The Morgan fingerprint density at radius 3 is 2.53 bits per heavy atom. The predicted octanol–water partition coefficient (Wildman–Crippen LogP) is 5.14. The molecular weight excluding hydrogens is 444 g/mol. The van der Waals surface area contributed by atoms with Crippen molar-refractivity contribution in [2.75, 3.05) is 23.5 Å². The number of benzene rings is 1. The molecule has 1 aromatic heterocycles.